The molecule has 1 aromatic carbocycles. The highest BCUT2D eigenvalue weighted by atomic mass is 35.5. The minimum absolute atomic E-state index is 0.304. The fourth-order valence-electron chi connectivity index (χ4n) is 0.772. The lowest BCUT2D eigenvalue weighted by molar-refractivity contribution is 0.475. The van der Waals surface area contributed by atoms with Gasteiger partial charge in [0, 0.05) is 15.4 Å². The van der Waals surface area contributed by atoms with Crippen LogP contribution in [0, 0.1) is 0 Å². The Labute approximate surface area is 87.6 Å². The predicted octanol–water partition coefficient (Wildman–Crippen LogP) is 2.42. The molecule has 3 heteroatoms. The maximum absolute atomic E-state index is 8.89. The van der Waals surface area contributed by atoms with Crippen molar-refractivity contribution in [3.63, 3.8) is 0 Å². The predicted molar refractivity (Wildman–Crippen MR) is 62.8 cm³/mol. The molecule has 0 aliphatic heterocycles. The van der Waals surface area contributed by atoms with Crippen molar-refractivity contribution in [1.29, 1.82) is 0 Å². The molecule has 0 atom stereocenters. The highest BCUT2D eigenvalue weighted by molar-refractivity contribution is 6.31. The van der Waals surface area contributed by atoms with E-state index in [9.17, 15) is 0 Å². The number of aryl methyl sites for hydroxylation is 1. The molecule has 0 aliphatic rings. The second-order valence-corrected chi connectivity index (χ2v) is 4.60. The van der Waals surface area contributed by atoms with E-state index in [1.54, 1.807) is 12.1 Å². The van der Waals surface area contributed by atoms with Crippen LogP contribution in [0.3, 0.4) is 0 Å². The minimum atomic E-state index is 0.304. The van der Waals surface area contributed by atoms with Crippen LogP contribution >= 0.6 is 11.6 Å². The lowest BCUT2D eigenvalue weighted by Crippen LogP contribution is -1.83. The first kappa shape index (κ1) is 12.5. The second kappa shape index (κ2) is 8.14. The molecule has 0 spiro atoms. The van der Waals surface area contributed by atoms with E-state index in [-0.39, 0.29) is 0 Å². The highest BCUT2D eigenvalue weighted by Gasteiger charge is 1.90. The molecule has 74 valence electrons. The van der Waals surface area contributed by atoms with Crippen LogP contribution in [0.25, 0.3) is 0 Å². The van der Waals surface area contributed by atoms with Crippen LogP contribution in [0.1, 0.15) is 5.56 Å². The summed E-state index contributed by atoms with van der Waals surface area (Å²) >= 11 is 5.51. The van der Waals surface area contributed by atoms with Gasteiger partial charge in [-0.05, 0) is 24.1 Å². The molecule has 0 amide bonds. The number of phenols is 1. The summed E-state index contributed by atoms with van der Waals surface area (Å²) in [6.07, 6.45) is 0.863. The third-order valence-electron chi connectivity index (χ3n) is 1.32. The van der Waals surface area contributed by atoms with Crippen LogP contribution in [0.5, 0.6) is 5.75 Å². The van der Waals surface area contributed by atoms with Crippen LogP contribution < -0.4 is 0 Å². The van der Waals surface area contributed by atoms with Crippen molar-refractivity contribution in [2.75, 3.05) is 5.88 Å². The zero-order valence-corrected chi connectivity index (χ0v) is 10.4. The van der Waals surface area contributed by atoms with Gasteiger partial charge in [-0.15, -0.1) is 11.6 Å². The van der Waals surface area contributed by atoms with Crippen molar-refractivity contribution >= 4 is 21.1 Å². The number of phenolic OH excluding ortho intramolecular Hbond substituents is 1. The fourth-order valence-corrected chi connectivity index (χ4v) is 0.990. The minimum Gasteiger partial charge on any atom is -0.508 e. The Kier molecular flexibility index (Phi) is 7.84. The first-order valence-electron chi connectivity index (χ1n) is 4.58. The van der Waals surface area contributed by atoms with E-state index in [4.69, 9.17) is 16.7 Å². The summed E-state index contributed by atoms with van der Waals surface area (Å²) in [6, 6.07) is 7.08. The molecule has 0 aromatic heterocycles. The molecule has 13 heavy (non-hydrogen) atoms. The normalized spacial score (nSPS) is 8.85. The lowest BCUT2D eigenvalue weighted by Gasteiger charge is -1.95. The second-order valence-electron chi connectivity index (χ2n) is 2.81. The maximum atomic E-state index is 8.89. The number of aromatic hydroxyl groups is 1. The summed E-state index contributed by atoms with van der Waals surface area (Å²) in [4.78, 5) is 0. The van der Waals surface area contributed by atoms with Gasteiger partial charge in [-0.1, -0.05) is 25.2 Å². The summed E-state index contributed by atoms with van der Waals surface area (Å²) in [5, 5.41) is 8.89. The average molecular weight is 217 g/mol. The highest BCUT2D eigenvalue weighted by Crippen LogP contribution is 2.09. The van der Waals surface area contributed by atoms with Gasteiger partial charge in [0.2, 0.25) is 0 Å². The molecule has 0 saturated carbocycles. The fraction of sp³-hybridized carbons (Fsp3) is 0.400. The third kappa shape index (κ3) is 6.67. The monoisotopic (exact) mass is 216 g/mol. The largest absolute Gasteiger partial charge is 0.508 e. The molecule has 1 rings (SSSR count). The molecular weight excluding hydrogens is 200 g/mol. The molecular formula is C10H17ClOSi. The third-order valence-corrected chi connectivity index (χ3v) is 1.51. The maximum Gasteiger partial charge on any atom is 0.115 e. The molecule has 1 aromatic rings. The van der Waals surface area contributed by atoms with Crippen molar-refractivity contribution in [1.82, 2.24) is 0 Å². The van der Waals surface area contributed by atoms with E-state index in [0.29, 0.717) is 21.1 Å². The van der Waals surface area contributed by atoms with Gasteiger partial charge in [-0.25, -0.2) is 0 Å². The number of benzene rings is 1. The molecule has 0 radical (unpaired) electrons. The molecule has 0 heterocycles. The van der Waals surface area contributed by atoms with Gasteiger partial charge in [0.1, 0.15) is 5.75 Å². The van der Waals surface area contributed by atoms with E-state index in [2.05, 4.69) is 13.1 Å². The molecule has 0 unspecified atom stereocenters. The van der Waals surface area contributed by atoms with Crippen LogP contribution in [0.2, 0.25) is 13.1 Å². The van der Waals surface area contributed by atoms with Crippen LogP contribution in [0.15, 0.2) is 24.3 Å². The zero-order chi connectivity index (χ0) is 10.1. The summed E-state index contributed by atoms with van der Waals surface area (Å²) in [5.41, 5.74) is 1.16. The Bertz CT molecular complexity index is 211. The topological polar surface area (TPSA) is 20.2 Å². The van der Waals surface area contributed by atoms with Gasteiger partial charge in [0.05, 0.1) is 0 Å². The van der Waals surface area contributed by atoms with Gasteiger partial charge in [0.15, 0.2) is 0 Å². The summed E-state index contributed by atoms with van der Waals surface area (Å²) < 4.78 is 0. The molecule has 0 saturated heterocycles. The number of alkyl halides is 1. The van der Waals surface area contributed by atoms with Crippen molar-refractivity contribution in [2.45, 2.75) is 19.5 Å². The zero-order valence-electron chi connectivity index (χ0n) is 8.26. The number of hydrogen-bond acceptors (Lipinski definition) is 1. The lowest BCUT2D eigenvalue weighted by atomic mass is 10.2. The molecule has 0 bridgehead atoms. The van der Waals surface area contributed by atoms with E-state index in [1.165, 1.54) is 0 Å². The van der Waals surface area contributed by atoms with Crippen molar-refractivity contribution in [2.24, 2.45) is 0 Å². The SMILES string of the molecule is C[SiH2]C.Oc1ccc(CCCl)cc1. The summed E-state index contributed by atoms with van der Waals surface area (Å²) in [6.45, 7) is 4.53. The van der Waals surface area contributed by atoms with Gasteiger partial charge in [0.25, 0.3) is 0 Å². The van der Waals surface area contributed by atoms with Gasteiger partial charge in [-0.3, -0.25) is 0 Å². The molecule has 1 nitrogen and oxygen atoms in total. The van der Waals surface area contributed by atoms with E-state index >= 15 is 0 Å². The van der Waals surface area contributed by atoms with Gasteiger partial charge < -0.3 is 5.11 Å². The van der Waals surface area contributed by atoms with Crippen LogP contribution in [0.4, 0.5) is 0 Å². The molecule has 0 aliphatic carbocycles. The number of rotatable bonds is 2. The quantitative estimate of drug-likeness (QED) is 0.595. The average Bonchev–Trinajstić information content (AvgIpc) is 2.11. The van der Waals surface area contributed by atoms with E-state index < -0.39 is 0 Å². The standard InChI is InChI=1S/C8H9ClO.C2H8Si/c9-6-5-7-1-3-8(10)4-2-7;1-3-2/h1-4,10H,5-6H2;3H2,1-2H3. The Morgan fingerprint density at radius 1 is 1.23 bits per heavy atom. The van der Waals surface area contributed by atoms with Crippen molar-refractivity contribution in [3.05, 3.63) is 29.8 Å². The number of hydrogen-bond donors (Lipinski definition) is 1. The molecule has 1 N–H and O–H groups in total. The van der Waals surface area contributed by atoms with Crippen LogP contribution in [-0.2, 0) is 6.42 Å². The Hall–Kier alpha value is -0.473. The van der Waals surface area contributed by atoms with E-state index in [1.807, 2.05) is 12.1 Å². The Balaban J connectivity index is 0.000000424. The van der Waals surface area contributed by atoms with E-state index in [0.717, 1.165) is 12.0 Å². The summed E-state index contributed by atoms with van der Waals surface area (Å²) in [5.74, 6) is 0.934. The Morgan fingerprint density at radius 3 is 2.08 bits per heavy atom. The first-order valence-corrected chi connectivity index (χ1v) is 7.94. The van der Waals surface area contributed by atoms with Crippen molar-refractivity contribution in [3.8, 4) is 5.75 Å². The van der Waals surface area contributed by atoms with Gasteiger partial charge >= 0.3 is 0 Å². The first-order chi connectivity index (χ1) is 6.24. The molecule has 0 fully saturated rings. The smallest absolute Gasteiger partial charge is 0.115 e. The summed E-state index contributed by atoms with van der Waals surface area (Å²) in [7, 11) is 0.417. The Morgan fingerprint density at radius 2 is 1.69 bits per heavy atom. The number of halogens is 1. The van der Waals surface area contributed by atoms with Gasteiger partial charge in [-0.2, -0.15) is 0 Å². The van der Waals surface area contributed by atoms with Crippen molar-refractivity contribution < 1.29 is 5.11 Å². The van der Waals surface area contributed by atoms with Crippen LogP contribution in [-0.4, -0.2) is 20.5 Å².